The quantitative estimate of drug-likeness (QED) is 0.707. The van der Waals surface area contributed by atoms with Gasteiger partial charge in [0.1, 0.15) is 5.75 Å². The summed E-state index contributed by atoms with van der Waals surface area (Å²) in [6, 6.07) is 10.2. The highest BCUT2D eigenvalue weighted by molar-refractivity contribution is 9.39. The second-order valence-electron chi connectivity index (χ2n) is 1.79. The normalized spacial score (nSPS) is 11.2. The molecule has 1 aromatic carbocycles. The molecule has 4 heteroatoms. The third-order valence-corrected chi connectivity index (χ3v) is 1.40. The minimum absolute atomic E-state index is 0.678. The van der Waals surface area contributed by atoms with Crippen molar-refractivity contribution in [2.75, 3.05) is 0 Å². The molecule has 0 N–H and O–H groups in total. The molecular formula is C7H4Br3O. The van der Waals surface area contributed by atoms with Crippen LogP contribution in [0.1, 0.15) is 0 Å². The second-order valence-corrected chi connectivity index (χ2v) is 8.33. The predicted octanol–water partition coefficient (Wildman–Crippen LogP) is 3.66. The number of halogens is 3. The Morgan fingerprint density at radius 1 is 1.36 bits per heavy atom. The summed E-state index contributed by atoms with van der Waals surface area (Å²) < 4.78 is 4.64. The van der Waals surface area contributed by atoms with Gasteiger partial charge in [-0.05, 0) is 66.0 Å². The molecule has 0 bridgehead atoms. The molecule has 0 spiro atoms. The lowest BCUT2D eigenvalue weighted by Gasteiger charge is -2.14. The highest BCUT2D eigenvalue weighted by Gasteiger charge is 2.18. The third-order valence-electron chi connectivity index (χ3n) is 0.912. The van der Waals surface area contributed by atoms with Crippen LogP contribution in [-0.4, -0.2) is 2.33 Å². The fourth-order valence-corrected chi connectivity index (χ4v) is 1.13. The molecule has 0 heterocycles. The SMILES string of the molecule is BrC(Br)(Br)Oc1c[c]ccc1. The Morgan fingerprint density at radius 2 is 2.09 bits per heavy atom. The number of benzene rings is 1. The predicted molar refractivity (Wildman–Crippen MR) is 55.4 cm³/mol. The average molecular weight is 344 g/mol. The monoisotopic (exact) mass is 341 g/mol. The Balaban J connectivity index is 2.66. The maximum absolute atomic E-state index is 5.32. The average Bonchev–Trinajstić information content (AvgIpc) is 1.85. The van der Waals surface area contributed by atoms with E-state index < -0.39 is 2.33 Å². The molecule has 0 aliphatic rings. The highest BCUT2D eigenvalue weighted by atomic mass is 80.0. The van der Waals surface area contributed by atoms with Gasteiger partial charge in [0.05, 0.1) is 0 Å². The molecule has 11 heavy (non-hydrogen) atoms. The molecule has 0 amide bonds. The number of hydrogen-bond acceptors (Lipinski definition) is 1. The van der Waals surface area contributed by atoms with Crippen LogP contribution in [0, 0.1) is 6.07 Å². The number of rotatable bonds is 1. The van der Waals surface area contributed by atoms with E-state index >= 15 is 0 Å². The Kier molecular flexibility index (Phi) is 3.40. The molecule has 0 saturated heterocycles. The molecule has 0 fully saturated rings. The van der Waals surface area contributed by atoms with Crippen molar-refractivity contribution >= 4 is 47.8 Å². The first kappa shape index (κ1) is 9.55. The maximum atomic E-state index is 5.32. The van der Waals surface area contributed by atoms with Crippen LogP contribution in [0.15, 0.2) is 24.3 Å². The first-order valence-electron chi connectivity index (χ1n) is 2.80. The Labute approximate surface area is 90.5 Å². The summed E-state index contributed by atoms with van der Waals surface area (Å²) >= 11 is 9.64. The molecule has 0 aliphatic heterocycles. The van der Waals surface area contributed by atoms with Crippen LogP contribution >= 0.6 is 47.8 Å². The third kappa shape index (κ3) is 4.13. The zero-order valence-electron chi connectivity index (χ0n) is 5.35. The van der Waals surface area contributed by atoms with Crippen molar-refractivity contribution in [1.82, 2.24) is 0 Å². The standard InChI is InChI=1S/C7H4Br3O/c8-7(9,10)11-6-4-2-1-3-5-6/h1-2,4-5H. The van der Waals surface area contributed by atoms with Gasteiger partial charge in [0.25, 0.3) is 2.33 Å². The smallest absolute Gasteiger partial charge is 0.272 e. The molecule has 1 nitrogen and oxygen atoms in total. The van der Waals surface area contributed by atoms with Gasteiger partial charge in [-0.1, -0.05) is 12.1 Å². The van der Waals surface area contributed by atoms with Crippen LogP contribution < -0.4 is 4.74 Å². The fourth-order valence-electron chi connectivity index (χ4n) is 0.574. The van der Waals surface area contributed by atoms with Crippen molar-refractivity contribution in [3.63, 3.8) is 0 Å². The largest absolute Gasteiger partial charge is 0.456 e. The van der Waals surface area contributed by atoms with Crippen molar-refractivity contribution < 1.29 is 4.74 Å². The van der Waals surface area contributed by atoms with Crippen LogP contribution in [0.4, 0.5) is 0 Å². The van der Waals surface area contributed by atoms with E-state index in [-0.39, 0.29) is 0 Å². The van der Waals surface area contributed by atoms with Crippen LogP contribution in [0.3, 0.4) is 0 Å². The van der Waals surface area contributed by atoms with Gasteiger partial charge in [0.15, 0.2) is 0 Å². The first-order chi connectivity index (χ1) is 5.08. The number of alkyl halides is 3. The highest BCUT2D eigenvalue weighted by Crippen LogP contribution is 2.35. The minimum atomic E-state index is -0.678. The van der Waals surface area contributed by atoms with E-state index in [4.69, 9.17) is 4.74 Å². The van der Waals surface area contributed by atoms with E-state index in [2.05, 4.69) is 53.9 Å². The van der Waals surface area contributed by atoms with E-state index in [0.717, 1.165) is 5.75 Å². The van der Waals surface area contributed by atoms with Crippen LogP contribution in [0.2, 0.25) is 0 Å². The lowest BCUT2D eigenvalue weighted by molar-refractivity contribution is 0.356. The lowest BCUT2D eigenvalue weighted by atomic mass is 10.3. The van der Waals surface area contributed by atoms with Crippen LogP contribution in [-0.2, 0) is 0 Å². The molecule has 0 aromatic heterocycles. The fraction of sp³-hybridized carbons (Fsp3) is 0.143. The van der Waals surface area contributed by atoms with Gasteiger partial charge >= 0.3 is 0 Å². The van der Waals surface area contributed by atoms with Crippen molar-refractivity contribution in [1.29, 1.82) is 0 Å². The summed E-state index contributed by atoms with van der Waals surface area (Å²) in [6.07, 6.45) is 0. The molecule has 1 rings (SSSR count). The maximum Gasteiger partial charge on any atom is 0.272 e. The van der Waals surface area contributed by atoms with Gasteiger partial charge in [-0.2, -0.15) is 0 Å². The lowest BCUT2D eigenvalue weighted by Crippen LogP contribution is -2.09. The van der Waals surface area contributed by atoms with Crippen LogP contribution in [0.5, 0.6) is 5.75 Å². The molecule has 1 aromatic rings. The Morgan fingerprint density at radius 3 is 2.55 bits per heavy atom. The van der Waals surface area contributed by atoms with Gasteiger partial charge in [-0.3, -0.25) is 0 Å². The molecule has 59 valence electrons. The van der Waals surface area contributed by atoms with Crippen molar-refractivity contribution in [2.45, 2.75) is 2.33 Å². The summed E-state index contributed by atoms with van der Waals surface area (Å²) in [4.78, 5) is 0. The topological polar surface area (TPSA) is 9.23 Å². The first-order valence-corrected chi connectivity index (χ1v) is 5.18. The Hall–Kier alpha value is 0.460. The minimum Gasteiger partial charge on any atom is -0.456 e. The van der Waals surface area contributed by atoms with E-state index in [1.165, 1.54) is 0 Å². The molecule has 0 saturated carbocycles. The van der Waals surface area contributed by atoms with Gasteiger partial charge < -0.3 is 4.74 Å². The summed E-state index contributed by atoms with van der Waals surface area (Å²) in [7, 11) is 0. The molecular weight excluding hydrogens is 340 g/mol. The molecule has 0 unspecified atom stereocenters. The molecule has 0 aliphatic carbocycles. The number of ether oxygens (including phenoxy) is 1. The van der Waals surface area contributed by atoms with E-state index in [0.29, 0.717) is 0 Å². The summed E-state index contributed by atoms with van der Waals surface area (Å²) in [5.41, 5.74) is 0. The second kappa shape index (κ2) is 3.92. The van der Waals surface area contributed by atoms with Crippen molar-refractivity contribution in [2.24, 2.45) is 0 Å². The van der Waals surface area contributed by atoms with E-state index in [1.54, 1.807) is 6.07 Å². The zero-order chi connectivity index (χ0) is 8.32. The summed E-state index contributed by atoms with van der Waals surface area (Å²) in [5, 5.41) is 0. The van der Waals surface area contributed by atoms with Gasteiger partial charge in [-0.15, -0.1) is 0 Å². The van der Waals surface area contributed by atoms with Crippen molar-refractivity contribution in [3.8, 4) is 5.75 Å². The van der Waals surface area contributed by atoms with Gasteiger partial charge in [-0.25, -0.2) is 0 Å². The molecule has 1 radical (unpaired) electrons. The zero-order valence-corrected chi connectivity index (χ0v) is 10.1. The van der Waals surface area contributed by atoms with Gasteiger partial charge in [0.2, 0.25) is 0 Å². The Bertz CT molecular complexity index is 217. The molecule has 0 atom stereocenters. The van der Waals surface area contributed by atoms with Crippen molar-refractivity contribution in [3.05, 3.63) is 30.3 Å². The van der Waals surface area contributed by atoms with Crippen LogP contribution in [0.25, 0.3) is 0 Å². The summed E-state index contributed by atoms with van der Waals surface area (Å²) in [6.45, 7) is 0. The van der Waals surface area contributed by atoms with E-state index in [1.807, 2.05) is 18.2 Å². The number of hydrogen-bond donors (Lipinski definition) is 0. The van der Waals surface area contributed by atoms with Gasteiger partial charge in [0, 0.05) is 0 Å². The summed E-state index contributed by atoms with van der Waals surface area (Å²) in [5.74, 6) is 0.734. The van der Waals surface area contributed by atoms with E-state index in [9.17, 15) is 0 Å².